The van der Waals surface area contributed by atoms with Gasteiger partial charge in [-0.3, -0.25) is 4.79 Å². The highest BCUT2D eigenvalue weighted by Gasteiger charge is 2.12. The normalized spacial score (nSPS) is 12.4. The Hall–Kier alpha value is -1.74. The van der Waals surface area contributed by atoms with Crippen LogP contribution in [0.3, 0.4) is 0 Å². The standard InChI is InChI=1S/C13H12ClNO2/c1-8(13(15)16)17-12-7-6-11(14)9-4-2-3-5-10(9)12/h2-8H,1H3,(H2,15,16)/t8-/m0/s1. The van der Waals surface area contributed by atoms with Gasteiger partial charge in [-0.15, -0.1) is 0 Å². The molecule has 0 radical (unpaired) electrons. The maximum Gasteiger partial charge on any atom is 0.258 e. The third-order valence-corrected chi connectivity index (χ3v) is 2.86. The summed E-state index contributed by atoms with van der Waals surface area (Å²) in [7, 11) is 0. The van der Waals surface area contributed by atoms with Gasteiger partial charge in [0.15, 0.2) is 6.10 Å². The smallest absolute Gasteiger partial charge is 0.258 e. The van der Waals surface area contributed by atoms with Crippen LogP contribution in [0.2, 0.25) is 5.02 Å². The first-order valence-corrected chi connectivity index (χ1v) is 5.60. The summed E-state index contributed by atoms with van der Waals surface area (Å²) in [5, 5.41) is 2.41. The monoisotopic (exact) mass is 249 g/mol. The van der Waals surface area contributed by atoms with E-state index >= 15 is 0 Å². The summed E-state index contributed by atoms with van der Waals surface area (Å²) in [6.07, 6.45) is -0.667. The molecule has 4 heteroatoms. The van der Waals surface area contributed by atoms with Gasteiger partial charge in [-0.25, -0.2) is 0 Å². The Morgan fingerprint density at radius 1 is 1.24 bits per heavy atom. The second kappa shape index (κ2) is 4.63. The van der Waals surface area contributed by atoms with Crippen LogP contribution >= 0.6 is 11.6 Å². The van der Waals surface area contributed by atoms with Gasteiger partial charge in [0.1, 0.15) is 5.75 Å². The van der Waals surface area contributed by atoms with Gasteiger partial charge >= 0.3 is 0 Å². The van der Waals surface area contributed by atoms with E-state index in [1.54, 1.807) is 19.1 Å². The van der Waals surface area contributed by atoms with Crippen LogP contribution in [0.25, 0.3) is 10.8 Å². The van der Waals surface area contributed by atoms with Crippen molar-refractivity contribution in [2.75, 3.05) is 0 Å². The molecular weight excluding hydrogens is 238 g/mol. The molecule has 0 aliphatic rings. The molecule has 1 amide bonds. The number of primary amides is 1. The predicted octanol–water partition coefficient (Wildman–Crippen LogP) is 2.75. The van der Waals surface area contributed by atoms with Gasteiger partial charge in [0.25, 0.3) is 5.91 Å². The Bertz CT molecular complexity index is 568. The van der Waals surface area contributed by atoms with Crippen molar-refractivity contribution in [2.24, 2.45) is 5.73 Å². The second-order valence-corrected chi connectivity index (χ2v) is 4.16. The first kappa shape index (κ1) is 11.7. The molecule has 0 aliphatic carbocycles. The summed E-state index contributed by atoms with van der Waals surface area (Å²) in [5.74, 6) is 0.111. The van der Waals surface area contributed by atoms with Crippen LogP contribution in [-0.2, 0) is 4.79 Å². The molecule has 0 heterocycles. The van der Waals surface area contributed by atoms with Crippen LogP contribution in [0, 0.1) is 0 Å². The van der Waals surface area contributed by atoms with Gasteiger partial charge in [0, 0.05) is 15.8 Å². The Kier molecular flexibility index (Phi) is 3.20. The van der Waals surface area contributed by atoms with Crippen molar-refractivity contribution in [3.8, 4) is 5.75 Å². The number of halogens is 1. The highest BCUT2D eigenvalue weighted by molar-refractivity contribution is 6.35. The Labute approximate surface area is 104 Å². The Morgan fingerprint density at radius 2 is 1.88 bits per heavy atom. The molecule has 0 saturated heterocycles. The van der Waals surface area contributed by atoms with E-state index in [4.69, 9.17) is 22.1 Å². The highest BCUT2D eigenvalue weighted by Crippen LogP contribution is 2.31. The summed E-state index contributed by atoms with van der Waals surface area (Å²) < 4.78 is 5.51. The molecule has 3 nitrogen and oxygen atoms in total. The summed E-state index contributed by atoms with van der Waals surface area (Å²) in [5.41, 5.74) is 5.17. The molecule has 0 aliphatic heterocycles. The van der Waals surface area contributed by atoms with Crippen molar-refractivity contribution in [3.05, 3.63) is 41.4 Å². The molecule has 2 aromatic carbocycles. The SMILES string of the molecule is C[C@H](Oc1ccc(Cl)c2ccccc12)C(N)=O. The quantitative estimate of drug-likeness (QED) is 0.909. The van der Waals surface area contributed by atoms with Gasteiger partial charge < -0.3 is 10.5 Å². The molecule has 17 heavy (non-hydrogen) atoms. The largest absolute Gasteiger partial charge is 0.480 e. The van der Waals surface area contributed by atoms with E-state index in [0.29, 0.717) is 10.8 Å². The lowest BCUT2D eigenvalue weighted by molar-refractivity contribution is -0.123. The van der Waals surface area contributed by atoms with E-state index in [1.807, 2.05) is 24.3 Å². The lowest BCUT2D eigenvalue weighted by Crippen LogP contribution is -2.30. The van der Waals surface area contributed by atoms with E-state index in [0.717, 1.165) is 10.8 Å². The minimum Gasteiger partial charge on any atom is -0.480 e. The fourth-order valence-corrected chi connectivity index (χ4v) is 1.81. The van der Waals surface area contributed by atoms with Crippen LogP contribution in [0.15, 0.2) is 36.4 Å². The molecule has 0 aromatic heterocycles. The average Bonchev–Trinajstić information content (AvgIpc) is 2.33. The Balaban J connectivity index is 2.48. The number of carbonyl (C=O) groups excluding carboxylic acids is 1. The lowest BCUT2D eigenvalue weighted by atomic mass is 10.1. The van der Waals surface area contributed by atoms with E-state index in [2.05, 4.69) is 0 Å². The Morgan fingerprint density at radius 3 is 2.53 bits per heavy atom. The van der Waals surface area contributed by atoms with E-state index in [9.17, 15) is 4.79 Å². The van der Waals surface area contributed by atoms with E-state index in [1.165, 1.54) is 0 Å². The molecule has 0 unspecified atom stereocenters. The molecule has 2 rings (SSSR count). The van der Waals surface area contributed by atoms with Crippen LogP contribution in [0.1, 0.15) is 6.92 Å². The van der Waals surface area contributed by atoms with Gasteiger partial charge in [-0.2, -0.15) is 0 Å². The van der Waals surface area contributed by atoms with Crippen molar-refractivity contribution in [1.82, 2.24) is 0 Å². The minimum absolute atomic E-state index is 0.496. The fourth-order valence-electron chi connectivity index (χ4n) is 1.59. The maximum atomic E-state index is 11.0. The lowest BCUT2D eigenvalue weighted by Gasteiger charge is -2.13. The van der Waals surface area contributed by atoms with Gasteiger partial charge in [-0.1, -0.05) is 35.9 Å². The summed E-state index contributed by atoms with van der Waals surface area (Å²) in [6, 6.07) is 11.1. The van der Waals surface area contributed by atoms with E-state index < -0.39 is 12.0 Å². The number of benzene rings is 2. The molecule has 88 valence electrons. The average molecular weight is 250 g/mol. The summed E-state index contributed by atoms with van der Waals surface area (Å²) in [6.45, 7) is 1.62. The van der Waals surface area contributed by atoms with Crippen molar-refractivity contribution < 1.29 is 9.53 Å². The molecule has 0 fully saturated rings. The van der Waals surface area contributed by atoms with Crippen LogP contribution < -0.4 is 10.5 Å². The summed E-state index contributed by atoms with van der Waals surface area (Å²) in [4.78, 5) is 11.0. The van der Waals surface area contributed by atoms with Crippen LogP contribution in [-0.4, -0.2) is 12.0 Å². The number of ether oxygens (including phenoxy) is 1. The molecule has 0 bridgehead atoms. The third-order valence-electron chi connectivity index (χ3n) is 2.54. The highest BCUT2D eigenvalue weighted by atomic mass is 35.5. The number of carbonyl (C=O) groups is 1. The van der Waals surface area contributed by atoms with Gasteiger partial charge in [0.05, 0.1) is 0 Å². The number of hydrogen-bond donors (Lipinski definition) is 1. The third kappa shape index (κ3) is 2.34. The molecule has 2 aromatic rings. The predicted molar refractivity (Wildman–Crippen MR) is 68.2 cm³/mol. The van der Waals surface area contributed by atoms with Crippen LogP contribution in [0.5, 0.6) is 5.75 Å². The van der Waals surface area contributed by atoms with Gasteiger partial charge in [-0.05, 0) is 19.1 Å². The topological polar surface area (TPSA) is 52.3 Å². The zero-order valence-electron chi connectivity index (χ0n) is 9.31. The van der Waals surface area contributed by atoms with Crippen molar-refractivity contribution in [2.45, 2.75) is 13.0 Å². The van der Waals surface area contributed by atoms with Crippen molar-refractivity contribution in [3.63, 3.8) is 0 Å². The number of nitrogens with two attached hydrogens (primary N) is 1. The number of amides is 1. The minimum atomic E-state index is -0.667. The molecule has 2 N–H and O–H groups in total. The molecule has 0 spiro atoms. The second-order valence-electron chi connectivity index (χ2n) is 3.75. The molecule has 0 saturated carbocycles. The van der Waals surface area contributed by atoms with E-state index in [-0.39, 0.29) is 0 Å². The van der Waals surface area contributed by atoms with Crippen molar-refractivity contribution >= 4 is 28.3 Å². The summed E-state index contributed by atoms with van der Waals surface area (Å²) >= 11 is 6.08. The van der Waals surface area contributed by atoms with Gasteiger partial charge in [0.2, 0.25) is 0 Å². The first-order chi connectivity index (χ1) is 8.09. The van der Waals surface area contributed by atoms with Crippen LogP contribution in [0.4, 0.5) is 0 Å². The first-order valence-electron chi connectivity index (χ1n) is 5.23. The molecular formula is C13H12ClNO2. The maximum absolute atomic E-state index is 11.0. The zero-order valence-corrected chi connectivity index (χ0v) is 10.1. The number of hydrogen-bond acceptors (Lipinski definition) is 2. The number of rotatable bonds is 3. The zero-order chi connectivity index (χ0) is 12.4. The van der Waals surface area contributed by atoms with Crippen molar-refractivity contribution in [1.29, 1.82) is 0 Å². The molecule has 1 atom stereocenters. The number of fused-ring (bicyclic) bond motifs is 1. The fraction of sp³-hybridized carbons (Fsp3) is 0.154.